The van der Waals surface area contributed by atoms with E-state index in [0.29, 0.717) is 6.54 Å². The molecule has 0 fully saturated rings. The largest absolute Gasteiger partial charge is 0.350 e. The maximum Gasteiger partial charge on any atom is 0.240 e. The van der Waals surface area contributed by atoms with Crippen LogP contribution in [0.4, 0.5) is 0 Å². The number of benzene rings is 1. The van der Waals surface area contributed by atoms with Crippen molar-refractivity contribution in [2.75, 3.05) is 0 Å². The van der Waals surface area contributed by atoms with Gasteiger partial charge in [-0.25, -0.2) is 0 Å². The number of pyridine rings is 2. The lowest BCUT2D eigenvalue weighted by atomic mass is 10.1. The van der Waals surface area contributed by atoms with E-state index in [1.807, 2.05) is 65.4 Å². The van der Waals surface area contributed by atoms with Crippen molar-refractivity contribution in [2.24, 2.45) is 0 Å². The lowest BCUT2D eigenvalue weighted by molar-refractivity contribution is -0.121. The maximum atomic E-state index is 12.4. The van der Waals surface area contributed by atoms with Crippen LogP contribution >= 0.6 is 0 Å². The second-order valence-corrected chi connectivity index (χ2v) is 6.03. The first-order chi connectivity index (χ1) is 12.8. The quantitative estimate of drug-likeness (QED) is 0.604. The highest BCUT2D eigenvalue weighted by Crippen LogP contribution is 2.20. The summed E-state index contributed by atoms with van der Waals surface area (Å²) in [6.07, 6.45) is 7.20. The van der Waals surface area contributed by atoms with E-state index < -0.39 is 0 Å². The molecule has 4 aromatic rings. The Bertz CT molecular complexity index is 1040. The molecule has 0 aliphatic rings. The topological polar surface area (TPSA) is 59.8 Å². The predicted octanol–water partition coefficient (Wildman–Crippen LogP) is 3.41. The van der Waals surface area contributed by atoms with E-state index in [2.05, 4.69) is 15.3 Å². The molecule has 0 saturated carbocycles. The second-order valence-electron chi connectivity index (χ2n) is 6.03. The molecule has 5 nitrogen and oxygen atoms in total. The highest BCUT2D eigenvalue weighted by atomic mass is 16.1. The zero-order chi connectivity index (χ0) is 17.8. The molecule has 3 aromatic heterocycles. The van der Waals surface area contributed by atoms with Crippen LogP contribution in [-0.4, -0.2) is 20.4 Å². The summed E-state index contributed by atoms with van der Waals surface area (Å²) in [7, 11) is 0. The van der Waals surface area contributed by atoms with Gasteiger partial charge in [0.1, 0.15) is 6.54 Å². The van der Waals surface area contributed by atoms with E-state index >= 15 is 0 Å². The lowest BCUT2D eigenvalue weighted by Gasteiger charge is -2.11. The number of nitrogens with zero attached hydrogens (tertiary/aromatic N) is 3. The van der Waals surface area contributed by atoms with Crippen molar-refractivity contribution in [1.29, 1.82) is 0 Å². The van der Waals surface area contributed by atoms with E-state index in [1.54, 1.807) is 18.6 Å². The number of nitrogens with one attached hydrogen (secondary N) is 1. The van der Waals surface area contributed by atoms with E-state index in [4.69, 9.17) is 0 Å². The van der Waals surface area contributed by atoms with Crippen LogP contribution in [0, 0.1) is 0 Å². The molecule has 1 aromatic carbocycles. The number of carbonyl (C=O) groups is 1. The summed E-state index contributed by atoms with van der Waals surface area (Å²) in [6.45, 7) is 0.714. The number of aromatic nitrogens is 3. The lowest BCUT2D eigenvalue weighted by Crippen LogP contribution is -2.27. The van der Waals surface area contributed by atoms with E-state index in [9.17, 15) is 4.79 Å². The fourth-order valence-corrected chi connectivity index (χ4v) is 3.03. The summed E-state index contributed by atoms with van der Waals surface area (Å²) in [5.74, 6) is -0.0349. The van der Waals surface area contributed by atoms with Gasteiger partial charge in [0.25, 0.3) is 0 Å². The molecule has 5 heteroatoms. The van der Waals surface area contributed by atoms with Crippen molar-refractivity contribution in [2.45, 2.75) is 13.1 Å². The Hall–Kier alpha value is -3.47. The third kappa shape index (κ3) is 3.32. The summed E-state index contributed by atoms with van der Waals surface area (Å²) in [6, 6.07) is 17.7. The van der Waals surface area contributed by atoms with Crippen molar-refractivity contribution in [3.8, 4) is 11.3 Å². The van der Waals surface area contributed by atoms with Crippen molar-refractivity contribution in [1.82, 2.24) is 19.9 Å². The first-order valence-electron chi connectivity index (χ1n) is 8.46. The SMILES string of the molecule is O=C(Cn1ccc2ccccc21)NCc1cccnc1-c1cccnc1. The van der Waals surface area contributed by atoms with Crippen molar-refractivity contribution in [3.05, 3.63) is 84.9 Å². The number of carbonyl (C=O) groups excluding carboxylic acids is 1. The van der Waals surface area contributed by atoms with Gasteiger partial charge < -0.3 is 9.88 Å². The minimum Gasteiger partial charge on any atom is -0.350 e. The zero-order valence-electron chi connectivity index (χ0n) is 14.2. The van der Waals surface area contributed by atoms with Gasteiger partial charge in [0.15, 0.2) is 0 Å². The van der Waals surface area contributed by atoms with Crippen LogP contribution in [0.1, 0.15) is 5.56 Å². The van der Waals surface area contributed by atoms with E-state index in [1.165, 1.54) is 0 Å². The van der Waals surface area contributed by atoms with Gasteiger partial charge in [0.05, 0.1) is 5.69 Å². The molecule has 0 unspecified atom stereocenters. The Morgan fingerprint density at radius 3 is 2.77 bits per heavy atom. The summed E-state index contributed by atoms with van der Waals surface area (Å²) >= 11 is 0. The van der Waals surface area contributed by atoms with Crippen molar-refractivity contribution in [3.63, 3.8) is 0 Å². The van der Waals surface area contributed by atoms with Gasteiger partial charge in [0, 0.05) is 42.4 Å². The van der Waals surface area contributed by atoms with Crippen LogP contribution in [0.2, 0.25) is 0 Å². The molecule has 0 aliphatic carbocycles. The molecule has 0 spiro atoms. The molecule has 1 N–H and O–H groups in total. The van der Waals surface area contributed by atoms with Gasteiger partial charge in [-0.2, -0.15) is 0 Å². The number of rotatable bonds is 5. The van der Waals surface area contributed by atoms with Gasteiger partial charge in [-0.1, -0.05) is 24.3 Å². The molecule has 0 bridgehead atoms. The third-order valence-corrected chi connectivity index (χ3v) is 4.30. The molecular weight excluding hydrogens is 324 g/mol. The number of hydrogen-bond donors (Lipinski definition) is 1. The molecule has 0 radical (unpaired) electrons. The van der Waals surface area contributed by atoms with Crippen LogP contribution in [0.5, 0.6) is 0 Å². The summed E-state index contributed by atoms with van der Waals surface area (Å²) < 4.78 is 1.95. The Morgan fingerprint density at radius 2 is 1.88 bits per heavy atom. The highest BCUT2D eigenvalue weighted by molar-refractivity contribution is 5.83. The van der Waals surface area contributed by atoms with Crippen LogP contribution in [0.15, 0.2) is 79.4 Å². The maximum absolute atomic E-state index is 12.4. The molecule has 0 atom stereocenters. The van der Waals surface area contributed by atoms with Gasteiger partial charge in [-0.3, -0.25) is 14.8 Å². The summed E-state index contributed by atoms with van der Waals surface area (Å²) in [5.41, 5.74) is 3.80. The summed E-state index contributed by atoms with van der Waals surface area (Å²) in [4.78, 5) is 21.0. The number of para-hydroxylation sites is 1. The first kappa shape index (κ1) is 16.0. The molecule has 1 amide bonds. The third-order valence-electron chi connectivity index (χ3n) is 4.30. The molecule has 0 aliphatic heterocycles. The minimum atomic E-state index is -0.0349. The zero-order valence-corrected chi connectivity index (χ0v) is 14.2. The summed E-state index contributed by atoms with van der Waals surface area (Å²) in [5, 5.41) is 4.12. The van der Waals surface area contributed by atoms with Gasteiger partial charge in [-0.05, 0) is 41.3 Å². The smallest absolute Gasteiger partial charge is 0.240 e. The Kier molecular flexibility index (Phi) is 4.43. The van der Waals surface area contributed by atoms with Crippen LogP contribution in [0.25, 0.3) is 22.2 Å². The standard InChI is InChI=1S/C21H18N4O/c26-20(15-25-12-9-16-5-1-2-8-19(16)25)24-14-18-7-4-11-23-21(18)17-6-3-10-22-13-17/h1-13H,14-15H2,(H,24,26). The van der Waals surface area contributed by atoms with Crippen LogP contribution in [-0.2, 0) is 17.9 Å². The fraction of sp³-hybridized carbons (Fsp3) is 0.0952. The highest BCUT2D eigenvalue weighted by Gasteiger charge is 2.09. The average Bonchev–Trinajstić information content (AvgIpc) is 3.10. The average molecular weight is 342 g/mol. The van der Waals surface area contributed by atoms with Gasteiger partial charge in [-0.15, -0.1) is 0 Å². The predicted molar refractivity (Wildman–Crippen MR) is 101 cm³/mol. The van der Waals surface area contributed by atoms with E-state index in [0.717, 1.165) is 27.7 Å². The van der Waals surface area contributed by atoms with Crippen LogP contribution in [0.3, 0.4) is 0 Å². The first-order valence-corrected chi connectivity index (χ1v) is 8.46. The monoisotopic (exact) mass is 342 g/mol. The number of amides is 1. The minimum absolute atomic E-state index is 0.0349. The Morgan fingerprint density at radius 1 is 1.00 bits per heavy atom. The molecule has 3 heterocycles. The molecule has 4 rings (SSSR count). The Balaban J connectivity index is 1.47. The fourth-order valence-electron chi connectivity index (χ4n) is 3.03. The molecular formula is C21H18N4O. The molecule has 26 heavy (non-hydrogen) atoms. The number of fused-ring (bicyclic) bond motifs is 1. The molecule has 0 saturated heterocycles. The number of hydrogen-bond acceptors (Lipinski definition) is 3. The van der Waals surface area contributed by atoms with E-state index in [-0.39, 0.29) is 12.5 Å². The second kappa shape index (κ2) is 7.19. The van der Waals surface area contributed by atoms with Gasteiger partial charge >= 0.3 is 0 Å². The molecule has 128 valence electrons. The van der Waals surface area contributed by atoms with Gasteiger partial charge in [0.2, 0.25) is 5.91 Å². The Labute approximate surface area is 151 Å². The van der Waals surface area contributed by atoms with Crippen molar-refractivity contribution >= 4 is 16.8 Å². The van der Waals surface area contributed by atoms with Crippen molar-refractivity contribution < 1.29 is 4.79 Å². The normalized spacial score (nSPS) is 10.8. The van der Waals surface area contributed by atoms with Crippen LogP contribution < -0.4 is 5.32 Å².